The SMILES string of the molecule is [C-]#[N+]c1cccc(-n2c3ccccc3c3ccccc32)c1-c1ccc2c(c1)c1cc[c-]c(-c3[c-]cccc3)c1n2-c1ccccc1.[Na+]. The van der Waals surface area contributed by atoms with Gasteiger partial charge in [-0.05, 0) is 53.4 Å². The van der Waals surface area contributed by atoms with Crippen LogP contribution < -0.4 is 29.6 Å². The molecule has 0 aliphatic carbocycles. The first-order chi connectivity index (χ1) is 22.8. The van der Waals surface area contributed by atoms with Crippen LogP contribution in [-0.4, -0.2) is 9.13 Å². The molecule has 2 heterocycles. The van der Waals surface area contributed by atoms with Crippen LogP contribution in [0.2, 0.25) is 0 Å². The van der Waals surface area contributed by atoms with Crippen LogP contribution in [0.5, 0.6) is 0 Å². The zero-order valence-corrected chi connectivity index (χ0v) is 27.8. The molecule has 0 saturated heterocycles. The van der Waals surface area contributed by atoms with E-state index in [1.54, 1.807) is 0 Å². The van der Waals surface area contributed by atoms with Crippen LogP contribution in [0.15, 0.2) is 152 Å². The minimum atomic E-state index is 0. The topological polar surface area (TPSA) is 14.2 Å². The minimum Gasteiger partial charge on any atom is -0.360 e. The molecule has 2 aromatic heterocycles. The Hall–Kier alpha value is -5.37. The molecular formula is C43H25N3Na-. The summed E-state index contributed by atoms with van der Waals surface area (Å²) in [6.07, 6.45) is 0. The number of benzene rings is 7. The maximum atomic E-state index is 8.22. The van der Waals surface area contributed by atoms with Crippen LogP contribution in [0.4, 0.5) is 5.69 Å². The van der Waals surface area contributed by atoms with Gasteiger partial charge in [-0.3, -0.25) is 0 Å². The molecule has 7 aromatic carbocycles. The van der Waals surface area contributed by atoms with E-state index >= 15 is 0 Å². The van der Waals surface area contributed by atoms with E-state index in [-0.39, 0.29) is 29.6 Å². The summed E-state index contributed by atoms with van der Waals surface area (Å²) in [6, 6.07) is 59.4. The molecule has 0 fully saturated rings. The van der Waals surface area contributed by atoms with Crippen LogP contribution >= 0.6 is 0 Å². The van der Waals surface area contributed by atoms with Gasteiger partial charge in [-0.2, -0.15) is 36.4 Å². The Labute approximate surface area is 295 Å². The van der Waals surface area contributed by atoms with Gasteiger partial charge in [0.25, 0.3) is 0 Å². The fourth-order valence-corrected chi connectivity index (χ4v) is 7.05. The first-order valence-electron chi connectivity index (χ1n) is 15.3. The summed E-state index contributed by atoms with van der Waals surface area (Å²) in [5.41, 5.74) is 11.1. The molecule has 47 heavy (non-hydrogen) atoms. The smallest absolute Gasteiger partial charge is 0.360 e. The van der Waals surface area contributed by atoms with Gasteiger partial charge in [0.2, 0.25) is 0 Å². The van der Waals surface area contributed by atoms with Crippen molar-refractivity contribution >= 4 is 49.3 Å². The Morgan fingerprint density at radius 3 is 1.96 bits per heavy atom. The molecule has 3 nitrogen and oxygen atoms in total. The Kier molecular flexibility index (Phi) is 7.28. The summed E-state index contributed by atoms with van der Waals surface area (Å²) in [5.74, 6) is 0. The molecule has 214 valence electrons. The standard InChI is InChI=1S/C43H25N3.Na/c1-44-37-22-13-25-41(46-38-23-10-8-18-33(38)34-19-9-11-24-39(34)46)42(37)30-26-27-40-36(28-30)35-21-12-20-32(29-14-4-2-5-15-29)43(35)45(40)31-16-6-3-7-17-31;/h2-14,16-19,21-28H;/q-2;+1. The van der Waals surface area contributed by atoms with Crippen LogP contribution in [0.1, 0.15) is 0 Å². The van der Waals surface area contributed by atoms with Gasteiger partial charge < -0.3 is 9.13 Å². The average molecular weight is 607 g/mol. The van der Waals surface area contributed by atoms with Crippen molar-refractivity contribution in [3.05, 3.63) is 175 Å². The van der Waals surface area contributed by atoms with E-state index in [9.17, 15) is 0 Å². The molecule has 0 aliphatic heterocycles. The second-order valence-corrected chi connectivity index (χ2v) is 11.4. The van der Waals surface area contributed by atoms with Gasteiger partial charge in [-0.25, -0.2) is 16.0 Å². The summed E-state index contributed by atoms with van der Waals surface area (Å²) in [5, 5.41) is 4.64. The van der Waals surface area contributed by atoms with Crippen LogP contribution in [0, 0.1) is 18.7 Å². The van der Waals surface area contributed by atoms with Gasteiger partial charge in [0.15, 0.2) is 5.69 Å². The molecule has 0 aliphatic rings. The van der Waals surface area contributed by atoms with Crippen molar-refractivity contribution in [2.75, 3.05) is 0 Å². The third-order valence-electron chi connectivity index (χ3n) is 8.96. The minimum absolute atomic E-state index is 0. The van der Waals surface area contributed by atoms with Crippen molar-refractivity contribution in [1.29, 1.82) is 0 Å². The van der Waals surface area contributed by atoms with E-state index in [1.807, 2.05) is 42.5 Å². The Bertz CT molecular complexity index is 2590. The molecule has 0 spiro atoms. The summed E-state index contributed by atoms with van der Waals surface area (Å²) >= 11 is 0. The molecular weight excluding hydrogens is 581 g/mol. The Morgan fingerprint density at radius 2 is 1.23 bits per heavy atom. The van der Waals surface area contributed by atoms with Gasteiger partial charge in [0, 0.05) is 33.2 Å². The quantitative estimate of drug-likeness (QED) is 0.141. The average Bonchev–Trinajstić information content (AvgIpc) is 3.65. The number of para-hydroxylation sites is 3. The maximum absolute atomic E-state index is 8.22. The monoisotopic (exact) mass is 606 g/mol. The van der Waals surface area contributed by atoms with E-state index < -0.39 is 0 Å². The summed E-state index contributed by atoms with van der Waals surface area (Å²) in [7, 11) is 0. The van der Waals surface area contributed by atoms with Crippen molar-refractivity contribution < 1.29 is 29.6 Å². The molecule has 0 atom stereocenters. The fraction of sp³-hybridized carbons (Fsp3) is 0. The van der Waals surface area contributed by atoms with E-state index in [0.29, 0.717) is 5.69 Å². The largest absolute Gasteiger partial charge is 1.00 e. The molecule has 0 unspecified atom stereocenters. The van der Waals surface area contributed by atoms with Gasteiger partial charge in [-0.15, -0.1) is 12.1 Å². The summed E-state index contributed by atoms with van der Waals surface area (Å²) in [4.78, 5) is 4.05. The predicted molar refractivity (Wildman–Crippen MR) is 190 cm³/mol. The summed E-state index contributed by atoms with van der Waals surface area (Å²) in [6.45, 7) is 8.22. The van der Waals surface area contributed by atoms with E-state index in [1.165, 1.54) is 10.8 Å². The summed E-state index contributed by atoms with van der Waals surface area (Å²) < 4.78 is 4.64. The fourth-order valence-electron chi connectivity index (χ4n) is 7.05. The molecule has 0 N–H and O–H groups in total. The number of aromatic nitrogens is 2. The van der Waals surface area contributed by atoms with Crippen molar-refractivity contribution in [2.24, 2.45) is 0 Å². The van der Waals surface area contributed by atoms with E-state index in [2.05, 4.69) is 135 Å². The molecule has 0 bridgehead atoms. The molecule has 0 radical (unpaired) electrons. The second kappa shape index (κ2) is 11.8. The maximum Gasteiger partial charge on any atom is 1.00 e. The zero-order valence-electron chi connectivity index (χ0n) is 25.8. The first-order valence-corrected chi connectivity index (χ1v) is 15.3. The van der Waals surface area contributed by atoms with Gasteiger partial charge in [-0.1, -0.05) is 83.7 Å². The zero-order chi connectivity index (χ0) is 30.6. The van der Waals surface area contributed by atoms with Crippen molar-refractivity contribution in [3.8, 4) is 33.6 Å². The molecule has 9 aromatic rings. The van der Waals surface area contributed by atoms with Crippen LogP contribution in [-0.2, 0) is 0 Å². The van der Waals surface area contributed by atoms with Gasteiger partial charge in [0.05, 0.1) is 17.6 Å². The number of rotatable bonds is 4. The second-order valence-electron chi connectivity index (χ2n) is 11.4. The van der Waals surface area contributed by atoms with E-state index in [0.717, 1.165) is 66.5 Å². The normalized spacial score (nSPS) is 11.2. The Morgan fingerprint density at radius 1 is 0.532 bits per heavy atom. The van der Waals surface area contributed by atoms with Gasteiger partial charge >= 0.3 is 29.6 Å². The van der Waals surface area contributed by atoms with Crippen molar-refractivity contribution in [1.82, 2.24) is 9.13 Å². The van der Waals surface area contributed by atoms with Crippen molar-refractivity contribution in [2.45, 2.75) is 0 Å². The molecule has 9 rings (SSSR count). The van der Waals surface area contributed by atoms with Crippen LogP contribution in [0.25, 0.3) is 82.1 Å². The van der Waals surface area contributed by atoms with Crippen molar-refractivity contribution in [3.63, 3.8) is 0 Å². The Balaban J connectivity index is 0.00000324. The van der Waals surface area contributed by atoms with E-state index in [4.69, 9.17) is 6.57 Å². The molecule has 0 amide bonds. The first kappa shape index (κ1) is 29.1. The third kappa shape index (κ3) is 4.53. The van der Waals surface area contributed by atoms with Gasteiger partial charge in [0.1, 0.15) is 0 Å². The molecule has 4 heteroatoms. The number of hydrogen-bond donors (Lipinski definition) is 0. The van der Waals surface area contributed by atoms with Crippen LogP contribution in [0.3, 0.4) is 0 Å². The molecule has 0 saturated carbocycles. The number of hydrogen-bond acceptors (Lipinski definition) is 0. The third-order valence-corrected chi connectivity index (χ3v) is 8.96. The predicted octanol–water partition coefficient (Wildman–Crippen LogP) is 8.37. The number of nitrogens with zero attached hydrogens (tertiary/aromatic N) is 3. The number of fused-ring (bicyclic) bond motifs is 6.